The van der Waals surface area contributed by atoms with Gasteiger partial charge < -0.3 is 9.84 Å². The Balaban J connectivity index is 2.26. The first-order valence-corrected chi connectivity index (χ1v) is 6.19. The fourth-order valence-electron chi connectivity index (χ4n) is 2.31. The second-order valence-corrected chi connectivity index (χ2v) is 4.72. The van der Waals surface area contributed by atoms with Gasteiger partial charge in [-0.25, -0.2) is 0 Å². The van der Waals surface area contributed by atoms with E-state index < -0.39 is 5.60 Å². The highest BCUT2D eigenvalue weighted by molar-refractivity contribution is 6.32. The van der Waals surface area contributed by atoms with Gasteiger partial charge in [0, 0.05) is 0 Å². The largest absolute Gasteiger partial charge is 0.492 e. The molecule has 2 rings (SSSR count). The van der Waals surface area contributed by atoms with Crippen LogP contribution in [0.3, 0.4) is 0 Å². The van der Waals surface area contributed by atoms with Gasteiger partial charge in [0.1, 0.15) is 5.75 Å². The Kier molecular flexibility index (Phi) is 3.41. The van der Waals surface area contributed by atoms with Crippen LogP contribution in [0.25, 0.3) is 0 Å². The molecule has 88 valence electrons. The maximum Gasteiger partial charge on any atom is 0.137 e. The molecular formula is C13H17ClO2. The maximum absolute atomic E-state index is 10.4. The van der Waals surface area contributed by atoms with E-state index in [9.17, 15) is 5.11 Å². The van der Waals surface area contributed by atoms with Crippen LogP contribution >= 0.6 is 11.6 Å². The lowest BCUT2D eigenvalue weighted by molar-refractivity contribution is 0.0444. The van der Waals surface area contributed by atoms with E-state index in [1.165, 1.54) is 0 Å². The smallest absolute Gasteiger partial charge is 0.137 e. The van der Waals surface area contributed by atoms with Crippen LogP contribution in [0.1, 0.15) is 38.2 Å². The van der Waals surface area contributed by atoms with Crippen LogP contribution in [-0.2, 0) is 5.60 Å². The zero-order chi connectivity index (χ0) is 11.6. The fraction of sp³-hybridized carbons (Fsp3) is 0.538. The SMILES string of the molecule is CCOc1ccc(C2(O)CCCC2)cc1Cl. The maximum atomic E-state index is 10.4. The highest BCUT2D eigenvalue weighted by atomic mass is 35.5. The first-order chi connectivity index (χ1) is 7.65. The number of halogens is 1. The molecule has 1 fully saturated rings. The number of ether oxygens (including phenoxy) is 1. The molecule has 2 nitrogen and oxygen atoms in total. The van der Waals surface area contributed by atoms with Crippen LogP contribution in [0.5, 0.6) is 5.75 Å². The topological polar surface area (TPSA) is 29.5 Å². The van der Waals surface area contributed by atoms with Gasteiger partial charge in [0.25, 0.3) is 0 Å². The molecule has 0 saturated heterocycles. The van der Waals surface area contributed by atoms with Crippen molar-refractivity contribution in [3.63, 3.8) is 0 Å². The summed E-state index contributed by atoms with van der Waals surface area (Å²) in [5.41, 5.74) is 0.243. The summed E-state index contributed by atoms with van der Waals surface area (Å²) in [4.78, 5) is 0. The van der Waals surface area contributed by atoms with Crippen molar-refractivity contribution in [3.05, 3.63) is 28.8 Å². The zero-order valence-corrected chi connectivity index (χ0v) is 10.3. The summed E-state index contributed by atoms with van der Waals surface area (Å²) in [6.07, 6.45) is 3.83. The Morgan fingerprint density at radius 1 is 1.38 bits per heavy atom. The minimum atomic E-state index is -0.672. The summed E-state index contributed by atoms with van der Waals surface area (Å²) < 4.78 is 5.37. The quantitative estimate of drug-likeness (QED) is 0.876. The van der Waals surface area contributed by atoms with Crippen molar-refractivity contribution in [3.8, 4) is 5.75 Å². The van der Waals surface area contributed by atoms with E-state index in [4.69, 9.17) is 16.3 Å². The van der Waals surface area contributed by atoms with Crippen molar-refractivity contribution in [1.82, 2.24) is 0 Å². The van der Waals surface area contributed by atoms with E-state index >= 15 is 0 Å². The molecule has 1 aliphatic rings. The monoisotopic (exact) mass is 240 g/mol. The molecule has 16 heavy (non-hydrogen) atoms. The lowest BCUT2D eigenvalue weighted by atomic mass is 9.92. The summed E-state index contributed by atoms with van der Waals surface area (Å²) in [7, 11) is 0. The Morgan fingerprint density at radius 3 is 2.62 bits per heavy atom. The first kappa shape index (κ1) is 11.7. The van der Waals surface area contributed by atoms with Gasteiger partial charge in [-0.05, 0) is 37.5 Å². The molecule has 0 atom stereocenters. The molecule has 1 aromatic carbocycles. The third-order valence-electron chi connectivity index (χ3n) is 3.20. The van der Waals surface area contributed by atoms with Gasteiger partial charge in [-0.1, -0.05) is 30.5 Å². The van der Waals surface area contributed by atoms with E-state index in [-0.39, 0.29) is 0 Å². The number of hydrogen-bond acceptors (Lipinski definition) is 2. The van der Waals surface area contributed by atoms with E-state index in [0.29, 0.717) is 17.4 Å². The van der Waals surface area contributed by atoms with Gasteiger partial charge in [0.2, 0.25) is 0 Å². The Morgan fingerprint density at radius 2 is 2.06 bits per heavy atom. The number of hydrogen-bond donors (Lipinski definition) is 1. The average molecular weight is 241 g/mol. The van der Waals surface area contributed by atoms with Crippen molar-refractivity contribution < 1.29 is 9.84 Å². The van der Waals surface area contributed by atoms with Crippen LogP contribution in [0.4, 0.5) is 0 Å². The molecule has 0 aliphatic heterocycles. The summed E-state index contributed by atoms with van der Waals surface area (Å²) in [5.74, 6) is 0.689. The van der Waals surface area contributed by atoms with Gasteiger partial charge in [0.05, 0.1) is 17.2 Å². The average Bonchev–Trinajstić information content (AvgIpc) is 2.70. The first-order valence-electron chi connectivity index (χ1n) is 5.81. The standard InChI is InChI=1S/C13H17ClO2/c1-2-16-12-6-5-10(9-11(12)14)13(15)7-3-4-8-13/h5-6,9,15H,2-4,7-8H2,1H3. The van der Waals surface area contributed by atoms with E-state index in [0.717, 1.165) is 31.2 Å². The third kappa shape index (κ3) is 2.18. The normalized spacial score (nSPS) is 18.7. The van der Waals surface area contributed by atoms with Crippen molar-refractivity contribution in [2.75, 3.05) is 6.61 Å². The lowest BCUT2D eigenvalue weighted by Crippen LogP contribution is -2.20. The predicted molar refractivity (Wildman–Crippen MR) is 65.0 cm³/mol. The molecule has 1 saturated carbocycles. The number of rotatable bonds is 3. The molecule has 0 radical (unpaired) electrons. The summed E-state index contributed by atoms with van der Waals surface area (Å²) >= 11 is 6.11. The molecule has 0 spiro atoms. The molecular weight excluding hydrogens is 224 g/mol. The Bertz CT molecular complexity index is 370. The summed E-state index contributed by atoms with van der Waals surface area (Å²) in [6, 6.07) is 5.59. The molecule has 1 aliphatic carbocycles. The molecule has 3 heteroatoms. The lowest BCUT2D eigenvalue weighted by Gasteiger charge is -2.23. The molecule has 0 aromatic heterocycles. The van der Waals surface area contributed by atoms with Crippen LogP contribution in [0.2, 0.25) is 5.02 Å². The van der Waals surface area contributed by atoms with Crippen LogP contribution in [-0.4, -0.2) is 11.7 Å². The summed E-state index contributed by atoms with van der Waals surface area (Å²) in [5, 5.41) is 11.0. The van der Waals surface area contributed by atoms with Gasteiger partial charge >= 0.3 is 0 Å². The van der Waals surface area contributed by atoms with Crippen molar-refractivity contribution >= 4 is 11.6 Å². The van der Waals surface area contributed by atoms with Gasteiger partial charge in [-0.2, -0.15) is 0 Å². The highest BCUT2D eigenvalue weighted by Crippen LogP contribution is 2.40. The number of benzene rings is 1. The molecule has 0 heterocycles. The zero-order valence-electron chi connectivity index (χ0n) is 9.50. The van der Waals surface area contributed by atoms with Crippen molar-refractivity contribution in [2.45, 2.75) is 38.2 Å². The molecule has 0 unspecified atom stereocenters. The molecule has 0 bridgehead atoms. The van der Waals surface area contributed by atoms with Gasteiger partial charge in [0.15, 0.2) is 0 Å². The predicted octanol–water partition coefficient (Wildman–Crippen LogP) is 3.50. The molecule has 0 amide bonds. The fourth-order valence-corrected chi connectivity index (χ4v) is 2.55. The molecule has 1 aromatic rings. The Hall–Kier alpha value is -0.730. The van der Waals surface area contributed by atoms with Crippen molar-refractivity contribution in [1.29, 1.82) is 0 Å². The minimum Gasteiger partial charge on any atom is -0.492 e. The van der Waals surface area contributed by atoms with Crippen LogP contribution in [0, 0.1) is 0 Å². The van der Waals surface area contributed by atoms with Crippen molar-refractivity contribution in [2.24, 2.45) is 0 Å². The van der Waals surface area contributed by atoms with Crippen LogP contribution in [0.15, 0.2) is 18.2 Å². The van der Waals surface area contributed by atoms with E-state index in [1.54, 1.807) is 0 Å². The summed E-state index contributed by atoms with van der Waals surface area (Å²) in [6.45, 7) is 2.53. The van der Waals surface area contributed by atoms with Crippen LogP contribution < -0.4 is 4.74 Å². The Labute approximate surface area is 101 Å². The minimum absolute atomic E-state index is 0.583. The highest BCUT2D eigenvalue weighted by Gasteiger charge is 2.33. The molecule has 1 N–H and O–H groups in total. The van der Waals surface area contributed by atoms with E-state index in [2.05, 4.69) is 0 Å². The van der Waals surface area contributed by atoms with Gasteiger partial charge in [-0.15, -0.1) is 0 Å². The number of aliphatic hydroxyl groups is 1. The second kappa shape index (κ2) is 4.64. The van der Waals surface area contributed by atoms with E-state index in [1.807, 2.05) is 25.1 Å². The third-order valence-corrected chi connectivity index (χ3v) is 3.50. The second-order valence-electron chi connectivity index (χ2n) is 4.32. The van der Waals surface area contributed by atoms with Gasteiger partial charge in [-0.3, -0.25) is 0 Å².